The van der Waals surface area contributed by atoms with Crippen LogP contribution in [0, 0.1) is 0 Å². The van der Waals surface area contributed by atoms with Crippen molar-refractivity contribution in [3.8, 4) is 0 Å². The molecule has 0 spiro atoms. The van der Waals surface area contributed by atoms with Crippen LogP contribution >= 0.6 is 38.9 Å². The van der Waals surface area contributed by atoms with Gasteiger partial charge < -0.3 is 10.6 Å². The quantitative estimate of drug-likeness (QED) is 0.890. The van der Waals surface area contributed by atoms with E-state index >= 15 is 0 Å². The maximum absolute atomic E-state index is 12.2. The molecule has 0 bridgehead atoms. The Kier molecular flexibility index (Phi) is 3.39. The molecule has 1 aliphatic rings. The van der Waals surface area contributed by atoms with Crippen LogP contribution in [0.3, 0.4) is 0 Å². The fourth-order valence-electron chi connectivity index (χ4n) is 2.19. The third-order valence-electron chi connectivity index (χ3n) is 3.09. The maximum atomic E-state index is 12.2. The normalized spacial score (nSPS) is 17.9. The Morgan fingerprint density at radius 2 is 2.16 bits per heavy atom. The van der Waals surface area contributed by atoms with E-state index in [2.05, 4.69) is 15.9 Å². The lowest BCUT2D eigenvalue weighted by atomic mass is 10.1. The standard InChI is InChI=1S/C13H10BrClN2OS/c14-7-1-3-9-10(5-7)17(13(18)12(9)16)6-8-2-4-11(15)19-8/h1-5,12H,6,16H2. The van der Waals surface area contributed by atoms with Crippen molar-refractivity contribution < 1.29 is 4.79 Å². The summed E-state index contributed by atoms with van der Waals surface area (Å²) in [4.78, 5) is 15.0. The summed E-state index contributed by atoms with van der Waals surface area (Å²) in [5, 5.41) is 0. The molecule has 1 unspecified atom stereocenters. The number of amides is 1. The van der Waals surface area contributed by atoms with Gasteiger partial charge in [-0.2, -0.15) is 0 Å². The molecule has 2 N–H and O–H groups in total. The van der Waals surface area contributed by atoms with Gasteiger partial charge in [0.1, 0.15) is 6.04 Å². The Hall–Kier alpha value is -0.880. The molecule has 0 aliphatic carbocycles. The Balaban J connectivity index is 1.98. The maximum Gasteiger partial charge on any atom is 0.248 e. The van der Waals surface area contributed by atoms with Crippen LogP contribution in [-0.2, 0) is 11.3 Å². The molecule has 2 heterocycles. The van der Waals surface area contributed by atoms with Crippen LogP contribution in [0.1, 0.15) is 16.5 Å². The number of carbonyl (C=O) groups is 1. The highest BCUT2D eigenvalue weighted by molar-refractivity contribution is 9.10. The molecule has 1 aromatic carbocycles. The van der Waals surface area contributed by atoms with E-state index in [0.29, 0.717) is 6.54 Å². The van der Waals surface area contributed by atoms with Gasteiger partial charge in [-0.25, -0.2) is 0 Å². The van der Waals surface area contributed by atoms with E-state index in [9.17, 15) is 4.79 Å². The molecule has 0 radical (unpaired) electrons. The highest BCUT2D eigenvalue weighted by Gasteiger charge is 2.34. The summed E-state index contributed by atoms with van der Waals surface area (Å²) < 4.78 is 1.66. The first-order chi connectivity index (χ1) is 9.06. The molecular formula is C13H10BrClN2OS. The van der Waals surface area contributed by atoms with Crippen LogP contribution in [0.4, 0.5) is 5.69 Å². The van der Waals surface area contributed by atoms with E-state index in [1.54, 1.807) is 4.90 Å². The molecule has 0 saturated carbocycles. The first-order valence-electron chi connectivity index (χ1n) is 5.67. The van der Waals surface area contributed by atoms with Gasteiger partial charge in [-0.1, -0.05) is 33.6 Å². The summed E-state index contributed by atoms with van der Waals surface area (Å²) >= 11 is 10.8. The summed E-state index contributed by atoms with van der Waals surface area (Å²) in [6.07, 6.45) is 0. The summed E-state index contributed by atoms with van der Waals surface area (Å²) in [7, 11) is 0. The number of hydrogen-bond acceptors (Lipinski definition) is 3. The monoisotopic (exact) mass is 356 g/mol. The van der Waals surface area contributed by atoms with Crippen molar-refractivity contribution in [1.82, 2.24) is 0 Å². The summed E-state index contributed by atoms with van der Waals surface area (Å²) in [5.74, 6) is -0.0716. The Morgan fingerprint density at radius 1 is 1.37 bits per heavy atom. The van der Waals surface area contributed by atoms with Crippen molar-refractivity contribution in [2.45, 2.75) is 12.6 Å². The van der Waals surface area contributed by atoms with Crippen molar-refractivity contribution >= 4 is 50.5 Å². The fourth-order valence-corrected chi connectivity index (χ4v) is 3.61. The number of thiophene rings is 1. The summed E-state index contributed by atoms with van der Waals surface area (Å²) in [5.41, 5.74) is 7.70. The second-order valence-electron chi connectivity index (χ2n) is 4.31. The van der Waals surface area contributed by atoms with Gasteiger partial charge in [0.25, 0.3) is 0 Å². The third kappa shape index (κ3) is 2.31. The van der Waals surface area contributed by atoms with E-state index in [4.69, 9.17) is 17.3 Å². The molecule has 1 amide bonds. The molecule has 2 aromatic rings. The van der Waals surface area contributed by atoms with Gasteiger partial charge in [0.05, 0.1) is 16.6 Å². The SMILES string of the molecule is NC1C(=O)N(Cc2ccc(Cl)s2)c2cc(Br)ccc21. The number of hydrogen-bond donors (Lipinski definition) is 1. The van der Waals surface area contributed by atoms with Gasteiger partial charge >= 0.3 is 0 Å². The van der Waals surface area contributed by atoms with Crippen LogP contribution in [0.25, 0.3) is 0 Å². The summed E-state index contributed by atoms with van der Waals surface area (Å²) in [6.45, 7) is 0.507. The molecule has 98 valence electrons. The first kappa shape index (κ1) is 13.1. The number of anilines is 1. The largest absolute Gasteiger partial charge is 0.316 e. The minimum atomic E-state index is -0.571. The Morgan fingerprint density at radius 3 is 2.84 bits per heavy atom. The van der Waals surface area contributed by atoms with E-state index < -0.39 is 6.04 Å². The zero-order valence-corrected chi connectivity index (χ0v) is 12.9. The van der Waals surface area contributed by atoms with Gasteiger partial charge in [0.15, 0.2) is 0 Å². The average molecular weight is 358 g/mol. The lowest BCUT2D eigenvalue weighted by Gasteiger charge is -2.16. The number of benzene rings is 1. The van der Waals surface area contributed by atoms with E-state index in [0.717, 1.165) is 24.9 Å². The smallest absolute Gasteiger partial charge is 0.248 e. The third-order valence-corrected chi connectivity index (χ3v) is 4.80. The lowest BCUT2D eigenvalue weighted by Crippen LogP contribution is -2.30. The number of carbonyl (C=O) groups excluding carboxylic acids is 1. The van der Waals surface area contributed by atoms with Gasteiger partial charge in [0.2, 0.25) is 5.91 Å². The molecule has 19 heavy (non-hydrogen) atoms. The Labute approximate surface area is 128 Å². The number of nitrogens with two attached hydrogens (primary N) is 1. The van der Waals surface area contributed by atoms with Crippen molar-refractivity contribution in [2.24, 2.45) is 5.73 Å². The van der Waals surface area contributed by atoms with Crippen molar-refractivity contribution in [3.63, 3.8) is 0 Å². The van der Waals surface area contributed by atoms with Crippen molar-refractivity contribution in [2.75, 3.05) is 4.90 Å². The van der Waals surface area contributed by atoms with E-state index in [1.807, 2.05) is 30.3 Å². The van der Waals surface area contributed by atoms with Crippen LogP contribution in [0.5, 0.6) is 0 Å². The van der Waals surface area contributed by atoms with Crippen LogP contribution in [0.15, 0.2) is 34.8 Å². The molecular weight excluding hydrogens is 348 g/mol. The van der Waals surface area contributed by atoms with E-state index in [1.165, 1.54) is 11.3 Å². The number of halogens is 2. The minimum absolute atomic E-state index is 0.0716. The molecule has 6 heteroatoms. The fraction of sp³-hybridized carbons (Fsp3) is 0.154. The second-order valence-corrected chi connectivity index (χ2v) is 7.03. The Bertz CT molecular complexity index is 658. The zero-order chi connectivity index (χ0) is 13.6. The second kappa shape index (κ2) is 4.90. The van der Waals surface area contributed by atoms with Crippen molar-refractivity contribution in [1.29, 1.82) is 0 Å². The van der Waals surface area contributed by atoms with Crippen LogP contribution in [-0.4, -0.2) is 5.91 Å². The lowest BCUT2D eigenvalue weighted by molar-refractivity contribution is -0.119. The first-order valence-corrected chi connectivity index (χ1v) is 7.65. The molecule has 1 aromatic heterocycles. The van der Waals surface area contributed by atoms with Crippen LogP contribution < -0.4 is 10.6 Å². The minimum Gasteiger partial charge on any atom is -0.316 e. The molecule has 3 rings (SSSR count). The predicted molar refractivity (Wildman–Crippen MR) is 81.6 cm³/mol. The highest BCUT2D eigenvalue weighted by Crippen LogP contribution is 2.38. The topological polar surface area (TPSA) is 46.3 Å². The van der Waals surface area contributed by atoms with Gasteiger partial charge in [0, 0.05) is 14.9 Å². The molecule has 0 fully saturated rings. The molecule has 1 aliphatic heterocycles. The van der Waals surface area contributed by atoms with E-state index in [-0.39, 0.29) is 5.91 Å². The van der Waals surface area contributed by atoms with Crippen molar-refractivity contribution in [3.05, 3.63) is 49.6 Å². The summed E-state index contributed by atoms with van der Waals surface area (Å²) in [6, 6.07) is 8.92. The highest BCUT2D eigenvalue weighted by atomic mass is 79.9. The predicted octanol–water partition coefficient (Wildman–Crippen LogP) is 3.71. The van der Waals surface area contributed by atoms with Gasteiger partial charge in [-0.05, 0) is 24.3 Å². The molecule has 3 nitrogen and oxygen atoms in total. The number of nitrogens with zero attached hydrogens (tertiary/aromatic N) is 1. The van der Waals surface area contributed by atoms with Crippen LogP contribution in [0.2, 0.25) is 4.34 Å². The zero-order valence-electron chi connectivity index (χ0n) is 9.77. The number of rotatable bonds is 2. The molecule has 1 atom stereocenters. The van der Waals surface area contributed by atoms with Gasteiger partial charge in [-0.15, -0.1) is 11.3 Å². The number of fused-ring (bicyclic) bond motifs is 1. The molecule has 0 saturated heterocycles. The average Bonchev–Trinajstić information content (AvgIpc) is 2.88. The van der Waals surface area contributed by atoms with Gasteiger partial charge in [-0.3, -0.25) is 4.79 Å².